The summed E-state index contributed by atoms with van der Waals surface area (Å²) in [6.45, 7) is 3.02. The van der Waals surface area contributed by atoms with Gasteiger partial charge in [0, 0.05) is 23.8 Å². The van der Waals surface area contributed by atoms with Gasteiger partial charge < -0.3 is 39.4 Å². The van der Waals surface area contributed by atoms with Crippen molar-refractivity contribution in [3.63, 3.8) is 0 Å². The van der Waals surface area contributed by atoms with Crippen LogP contribution in [0.1, 0.15) is 51.2 Å². The molecule has 0 atom stereocenters. The summed E-state index contributed by atoms with van der Waals surface area (Å²) in [7, 11) is -6.61. The molecule has 4 aromatic carbocycles. The average molecular weight is 1230 g/mol. The van der Waals surface area contributed by atoms with Gasteiger partial charge in [-0.3, -0.25) is 9.59 Å². The highest BCUT2D eigenvalue weighted by Crippen LogP contribution is 2.43. The molecular weight excluding hydrogens is 1200 g/mol. The lowest BCUT2D eigenvalue weighted by molar-refractivity contribution is -0.276. The largest absolute Gasteiger partial charge is 0.573 e. The van der Waals surface area contributed by atoms with Gasteiger partial charge in [0.15, 0.2) is 40.4 Å². The van der Waals surface area contributed by atoms with E-state index in [9.17, 15) is 79.8 Å². The van der Waals surface area contributed by atoms with Gasteiger partial charge in [-0.1, -0.05) is 0 Å². The van der Waals surface area contributed by atoms with Gasteiger partial charge >= 0.3 is 25.1 Å². The van der Waals surface area contributed by atoms with Gasteiger partial charge in [0.2, 0.25) is 17.4 Å². The minimum atomic E-state index is -5.41. The number of halogens is 19. The molecule has 6 aromatic rings. The van der Waals surface area contributed by atoms with E-state index < -0.39 is 143 Å². The molecule has 0 saturated carbocycles. The van der Waals surface area contributed by atoms with Crippen LogP contribution in [0.15, 0.2) is 82.3 Å². The van der Waals surface area contributed by atoms with Gasteiger partial charge in [0.25, 0.3) is 11.8 Å². The molecular formula is C44H27Br2F17N4O8. The zero-order valence-corrected chi connectivity index (χ0v) is 39.5. The molecule has 3 N–H and O–H groups in total. The van der Waals surface area contributed by atoms with E-state index in [4.69, 9.17) is 18.1 Å². The number of phenols is 1. The molecule has 0 aliphatic carbocycles. The number of hydrogen-bond acceptors (Lipinski definition) is 10. The van der Waals surface area contributed by atoms with E-state index >= 15 is 4.39 Å². The van der Waals surface area contributed by atoms with Crippen LogP contribution >= 0.6 is 31.9 Å². The molecule has 12 nitrogen and oxygen atoms in total. The number of methoxy groups -OCH3 is 2. The molecule has 75 heavy (non-hydrogen) atoms. The molecule has 2 amide bonds. The van der Waals surface area contributed by atoms with E-state index in [0.717, 1.165) is 0 Å². The first-order valence-electron chi connectivity index (χ1n) is 22.1. The summed E-state index contributed by atoms with van der Waals surface area (Å²) in [4.78, 5) is 32.8. The Balaban J connectivity index is 0.000000290. The summed E-state index contributed by atoms with van der Waals surface area (Å²) < 4.78 is 285. The lowest BCUT2D eigenvalue weighted by atomic mass is 10.1. The summed E-state index contributed by atoms with van der Waals surface area (Å²) in [5.41, 5.74) is -5.34. The Bertz CT molecular complexity index is 3320. The number of rotatable bonds is 10. The van der Waals surface area contributed by atoms with Gasteiger partial charge in [-0.2, -0.15) is 35.1 Å². The lowest BCUT2D eigenvalue weighted by Crippen LogP contribution is -2.20. The van der Waals surface area contributed by atoms with Crippen molar-refractivity contribution in [2.24, 2.45) is 0 Å². The molecule has 0 fully saturated rings. The number of anilines is 2. The number of aryl methyl sites for hydroxylation is 2. The third kappa shape index (κ3) is 15.9. The van der Waals surface area contributed by atoms with Crippen LogP contribution in [0, 0.1) is 42.9 Å². The normalized spacial score (nSPS) is 13.1. The zero-order valence-electron chi connectivity index (χ0n) is 42.3. The third-order valence-electron chi connectivity index (χ3n) is 8.84. The number of benzene rings is 4. The second-order valence-electron chi connectivity index (χ2n) is 14.0. The van der Waals surface area contributed by atoms with Crippen LogP contribution in [0.4, 0.5) is 86.0 Å². The molecule has 0 unspecified atom stereocenters. The smallest absolute Gasteiger partial charge is 0.504 e. The summed E-state index contributed by atoms with van der Waals surface area (Å²) in [6, 6.07) is 5.84. The number of carbonyl (C=O) groups is 2. The molecule has 2 heterocycles. The van der Waals surface area contributed by atoms with Gasteiger partial charge in [-0.05, 0) is 117 Å². The number of nitrogens with one attached hydrogen (secondary N) is 2. The Hall–Kier alpha value is -7.31. The summed E-state index contributed by atoms with van der Waals surface area (Å²) >= 11 is 6.08. The van der Waals surface area contributed by atoms with Crippen molar-refractivity contribution in [3.05, 3.63) is 145 Å². The quantitative estimate of drug-likeness (QED) is 0.0893. The highest BCUT2D eigenvalue weighted by molar-refractivity contribution is 9.10. The molecule has 2 aromatic heterocycles. The van der Waals surface area contributed by atoms with Crippen LogP contribution < -0.4 is 34.3 Å². The number of carbonyl (C=O) groups excluding carboxylic acids is 2. The van der Waals surface area contributed by atoms with Crippen molar-refractivity contribution >= 4 is 55.0 Å². The van der Waals surface area contributed by atoms with Crippen LogP contribution in [-0.4, -0.2) is 53.7 Å². The molecule has 0 radical (unpaired) electrons. The number of phenolic OH excluding ortho intramolecular Hbond substituents is 1. The zero-order chi connectivity index (χ0) is 61.7. The molecule has 0 bridgehead atoms. The maximum absolute atomic E-state index is 15.1. The van der Waals surface area contributed by atoms with Crippen LogP contribution in [0.2, 0.25) is 0 Å². The Morgan fingerprint density at radius 1 is 0.560 bits per heavy atom. The van der Waals surface area contributed by atoms with Gasteiger partial charge in [0.05, 0.1) is 33.4 Å². The van der Waals surface area contributed by atoms with Crippen LogP contribution in [0.5, 0.6) is 40.2 Å². The minimum absolute atomic E-state index is 0.0132. The molecule has 0 spiro atoms. The van der Waals surface area contributed by atoms with Crippen molar-refractivity contribution in [2.75, 3.05) is 24.7 Å². The van der Waals surface area contributed by atoms with E-state index in [1.807, 2.05) is 0 Å². The van der Waals surface area contributed by atoms with Crippen LogP contribution in [0.25, 0.3) is 0 Å². The van der Waals surface area contributed by atoms with E-state index in [2.05, 4.69) is 71.4 Å². The predicted molar refractivity (Wildman–Crippen MR) is 233 cm³/mol. The first-order valence-corrected chi connectivity index (χ1v) is 20.7. The maximum atomic E-state index is 15.1. The highest BCUT2D eigenvalue weighted by atomic mass is 79.9. The number of aromatic nitrogens is 2. The van der Waals surface area contributed by atoms with E-state index in [1.54, 1.807) is 6.92 Å². The molecule has 0 aliphatic rings. The van der Waals surface area contributed by atoms with Crippen molar-refractivity contribution in [2.45, 2.75) is 38.9 Å². The second-order valence-corrected chi connectivity index (χ2v) is 15.6. The minimum Gasteiger partial charge on any atom is -0.504 e. The molecule has 0 saturated heterocycles. The Morgan fingerprint density at radius 3 is 1.43 bits per heavy atom. The first-order chi connectivity index (χ1) is 36.9. The standard InChI is InChI=1S/C22H13BrF8N2O4.C14H8BrF5N2O.C8H6F4O3/c1-9-8-32-15(23)7-11(9)33-20(34)16-12(4-3-10(17(16)24)21(26,27)28)36-14-6-5-13(37-22(29,30)31)18(25)19(14)35-2;1-6-5-21-10(15)4-9(6)22-13(23)11-8(16)3-2-7(12(11)17)14(18,19)20;1-14-7-4(13)2-3-5(6(7)9)15-8(10,11)12/h3-8H,1-2H3,(H,32,33,34);2-5H,1H3,(H,21,22,23);2-3,13H,1H3/i2D3;;1D3. The molecule has 0 aliphatic heterocycles. The topological polar surface area (TPSA) is 150 Å². The van der Waals surface area contributed by atoms with Crippen molar-refractivity contribution in [1.29, 1.82) is 0 Å². The maximum Gasteiger partial charge on any atom is 0.573 e. The van der Waals surface area contributed by atoms with Crippen LogP contribution in [0.3, 0.4) is 0 Å². The number of pyridine rings is 2. The average Bonchev–Trinajstić information content (AvgIpc) is 3.38. The monoisotopic (exact) mass is 1230 g/mol. The van der Waals surface area contributed by atoms with Crippen molar-refractivity contribution < 1.29 is 121 Å². The van der Waals surface area contributed by atoms with Crippen molar-refractivity contribution in [1.82, 2.24) is 9.97 Å². The first kappa shape index (κ1) is 51.2. The fraction of sp³-hybridized carbons (Fsp3) is 0.182. The molecule has 6 rings (SSSR count). The SMILES string of the molecule is Cc1cnc(Br)cc1NC(=O)c1c(F)ccc(C(F)(F)F)c1F.[2H]C([2H])([2H])Oc1c(O)ccc(OC(F)(F)F)c1F.[2H]C([2H])([2H])Oc1c(Oc2ccc(C(F)(F)F)c(F)c2C(=O)Nc2cc(Br)ncc2C)ccc(OC(F)(F)F)c1F. The van der Waals surface area contributed by atoms with Gasteiger partial charge in [-0.15, -0.1) is 26.3 Å². The lowest BCUT2D eigenvalue weighted by Gasteiger charge is -2.18. The van der Waals surface area contributed by atoms with E-state index in [-0.39, 0.29) is 28.1 Å². The van der Waals surface area contributed by atoms with Crippen molar-refractivity contribution in [3.8, 4) is 40.2 Å². The van der Waals surface area contributed by atoms with Crippen LogP contribution in [-0.2, 0) is 12.4 Å². The summed E-state index contributed by atoms with van der Waals surface area (Å²) in [5.74, 6) is -20.7. The summed E-state index contributed by atoms with van der Waals surface area (Å²) in [5, 5.41) is 13.5. The fourth-order valence-corrected chi connectivity index (χ4v) is 6.20. The van der Waals surface area contributed by atoms with Gasteiger partial charge in [-0.25, -0.2) is 23.1 Å². The Labute approximate surface area is 434 Å². The number of amides is 2. The van der Waals surface area contributed by atoms with E-state index in [0.29, 0.717) is 52.1 Å². The number of aromatic hydroxyl groups is 1. The number of ether oxygens (including phenoxy) is 5. The number of alkyl halides is 12. The highest BCUT2D eigenvalue weighted by Gasteiger charge is 2.40. The third-order valence-corrected chi connectivity index (χ3v) is 9.70. The number of hydrogen-bond donors (Lipinski definition) is 3. The second kappa shape index (κ2) is 23.9. The fourth-order valence-electron chi connectivity index (χ4n) is 5.54. The predicted octanol–water partition coefficient (Wildman–Crippen LogP) is 14.5. The number of nitrogens with zero attached hydrogens (tertiary/aromatic N) is 2. The molecule has 404 valence electrons. The van der Waals surface area contributed by atoms with Gasteiger partial charge in [0.1, 0.15) is 31.9 Å². The Morgan fingerprint density at radius 2 is 0.960 bits per heavy atom. The molecule has 31 heteroatoms. The summed E-state index contributed by atoms with van der Waals surface area (Å²) in [6.07, 6.45) is -18.3. The Kier molecular flexibility index (Phi) is 16.3. The van der Waals surface area contributed by atoms with E-state index in [1.165, 1.54) is 31.5 Å².